The molecule has 0 radical (unpaired) electrons. The van der Waals surface area contributed by atoms with Gasteiger partial charge in [-0.25, -0.2) is 0 Å². The predicted octanol–water partition coefficient (Wildman–Crippen LogP) is -2.36. The Labute approximate surface area is 71.3 Å². The molecule has 1 aromatic carbocycles. The van der Waals surface area contributed by atoms with E-state index in [1.54, 1.807) is 18.2 Å². The number of hydrogen-bond donors (Lipinski definition) is 0. The summed E-state index contributed by atoms with van der Waals surface area (Å²) in [6, 6.07) is 7.94. The van der Waals surface area contributed by atoms with Gasteiger partial charge in [0.1, 0.15) is 0 Å². The first-order chi connectivity index (χ1) is 4.34. The first-order valence-electron chi connectivity index (χ1n) is 2.51. The van der Waals surface area contributed by atoms with Gasteiger partial charge in [0.25, 0.3) is 0 Å². The van der Waals surface area contributed by atoms with Gasteiger partial charge in [0, 0.05) is 5.56 Å². The number of hydrogen-bond acceptors (Lipinski definition) is 2. The van der Waals surface area contributed by atoms with Crippen molar-refractivity contribution in [1.82, 2.24) is 0 Å². The summed E-state index contributed by atoms with van der Waals surface area (Å²) in [6.45, 7) is 0. The van der Waals surface area contributed by atoms with E-state index in [0.717, 1.165) is 0 Å². The summed E-state index contributed by atoms with van der Waals surface area (Å²) in [4.78, 5) is 0. The van der Waals surface area contributed by atoms with Crippen molar-refractivity contribution < 1.29 is 24.0 Å². The van der Waals surface area contributed by atoms with Gasteiger partial charge >= 0.3 is 18.9 Å². The average Bonchev–Trinajstić information content (AvgIpc) is 1.89. The zero-order valence-electron chi connectivity index (χ0n) is 5.66. The second kappa shape index (κ2) is 4.01. The fraction of sp³-hybridized carbons (Fsp3) is 0. The minimum absolute atomic E-state index is 0. The van der Waals surface area contributed by atoms with Gasteiger partial charge in [-0.1, -0.05) is 23.9 Å². The van der Waals surface area contributed by atoms with Gasteiger partial charge in [-0.05, 0) is 6.07 Å². The van der Waals surface area contributed by atoms with Crippen molar-refractivity contribution >= 4 is 0 Å². The van der Waals surface area contributed by atoms with Crippen LogP contribution in [-0.4, -0.2) is 0 Å². The van der Waals surface area contributed by atoms with Crippen LogP contribution in [0.3, 0.4) is 0 Å². The third-order valence-electron chi connectivity index (χ3n) is 1.01. The number of nitriles is 1. The van der Waals surface area contributed by atoms with Gasteiger partial charge in [-0.2, -0.15) is 5.26 Å². The van der Waals surface area contributed by atoms with Crippen LogP contribution in [-0.2, 0) is 0 Å². The Morgan fingerprint density at radius 1 is 1.30 bits per heavy atom. The molecule has 0 aromatic heterocycles. The number of rotatable bonds is 0. The quantitative estimate of drug-likeness (QED) is 0.364. The van der Waals surface area contributed by atoms with Crippen LogP contribution in [0.15, 0.2) is 24.3 Å². The van der Waals surface area contributed by atoms with Gasteiger partial charge < -0.3 is 5.11 Å². The third-order valence-corrected chi connectivity index (χ3v) is 1.01. The van der Waals surface area contributed by atoms with Gasteiger partial charge in [-0.15, -0.1) is 0 Å². The summed E-state index contributed by atoms with van der Waals surface area (Å²) in [5.74, 6) is -0.208. The molecule has 0 atom stereocenters. The van der Waals surface area contributed by atoms with E-state index in [1.165, 1.54) is 12.1 Å². The van der Waals surface area contributed by atoms with E-state index >= 15 is 0 Å². The largest absolute Gasteiger partial charge is 1.00 e. The Hall–Kier alpha value is -0.893. The average molecular weight is 125 g/mol. The second-order valence-electron chi connectivity index (χ2n) is 1.61. The molecule has 0 saturated heterocycles. The molecule has 0 N–H and O–H groups in total. The van der Waals surface area contributed by atoms with Gasteiger partial charge in [-0.3, -0.25) is 0 Å². The van der Waals surface area contributed by atoms with E-state index in [4.69, 9.17) is 5.26 Å². The summed E-state index contributed by atoms with van der Waals surface area (Å²) < 4.78 is 0. The molecule has 0 heterocycles. The normalized spacial score (nSPS) is 7.50. The summed E-state index contributed by atoms with van der Waals surface area (Å²) >= 11 is 0. The van der Waals surface area contributed by atoms with Crippen molar-refractivity contribution in [2.24, 2.45) is 0 Å². The van der Waals surface area contributed by atoms with E-state index in [9.17, 15) is 5.11 Å². The molecule has 1 rings (SSSR count). The van der Waals surface area contributed by atoms with Gasteiger partial charge in [0.2, 0.25) is 0 Å². The molecule has 0 aliphatic heterocycles. The topological polar surface area (TPSA) is 46.8 Å². The molecule has 2 nitrogen and oxygen atoms in total. The van der Waals surface area contributed by atoms with Crippen LogP contribution in [0.25, 0.3) is 0 Å². The Morgan fingerprint density at radius 3 is 2.30 bits per heavy atom. The molecule has 0 aliphatic rings. The standard InChI is InChI=1S/C7H5NO.Li/c8-5-6-3-1-2-4-7(6)9;/h1-4,9H;/q;+1/p-1. The minimum Gasteiger partial charge on any atom is -0.872 e. The molecule has 0 fully saturated rings. The first-order valence-corrected chi connectivity index (χ1v) is 2.51. The van der Waals surface area contributed by atoms with E-state index in [-0.39, 0.29) is 30.2 Å². The number of benzene rings is 1. The smallest absolute Gasteiger partial charge is 0.872 e. The second-order valence-corrected chi connectivity index (χ2v) is 1.61. The Bertz CT molecular complexity index is 254. The maximum Gasteiger partial charge on any atom is 1.00 e. The van der Waals surface area contributed by atoms with E-state index in [2.05, 4.69) is 0 Å². The minimum atomic E-state index is -0.208. The molecular weight excluding hydrogens is 121 g/mol. The fourth-order valence-corrected chi connectivity index (χ4v) is 0.559. The molecule has 0 saturated carbocycles. The van der Waals surface area contributed by atoms with Crippen molar-refractivity contribution in [2.75, 3.05) is 0 Å². The first kappa shape index (κ1) is 9.11. The van der Waals surface area contributed by atoms with E-state index in [1.807, 2.05) is 0 Å². The van der Waals surface area contributed by atoms with Crippen LogP contribution in [0.1, 0.15) is 5.56 Å². The van der Waals surface area contributed by atoms with E-state index < -0.39 is 0 Å². The van der Waals surface area contributed by atoms with Crippen LogP contribution < -0.4 is 24.0 Å². The summed E-state index contributed by atoms with van der Waals surface area (Å²) in [5, 5.41) is 18.9. The molecule has 0 aliphatic carbocycles. The van der Waals surface area contributed by atoms with Crippen molar-refractivity contribution in [3.05, 3.63) is 29.8 Å². The van der Waals surface area contributed by atoms with Crippen LogP contribution in [0, 0.1) is 11.3 Å². The molecule has 0 bridgehead atoms. The Kier molecular flexibility index (Phi) is 3.65. The third kappa shape index (κ3) is 1.81. The molecule has 1 aromatic rings. The van der Waals surface area contributed by atoms with Crippen molar-refractivity contribution in [2.45, 2.75) is 0 Å². The number of nitrogens with zero attached hydrogens (tertiary/aromatic N) is 1. The van der Waals surface area contributed by atoms with Gasteiger partial charge in [0.05, 0.1) is 6.07 Å². The van der Waals surface area contributed by atoms with Crippen LogP contribution in [0.5, 0.6) is 5.75 Å². The van der Waals surface area contributed by atoms with Crippen molar-refractivity contribution in [1.29, 1.82) is 5.26 Å². The summed E-state index contributed by atoms with van der Waals surface area (Å²) in [7, 11) is 0. The molecule has 0 amide bonds. The van der Waals surface area contributed by atoms with Crippen molar-refractivity contribution in [3.8, 4) is 11.8 Å². The SMILES string of the molecule is N#Cc1ccccc1[O-].[Li+]. The van der Waals surface area contributed by atoms with Crippen LogP contribution >= 0.6 is 0 Å². The molecular formula is C7H4LiNO. The number of para-hydroxylation sites is 1. The van der Waals surface area contributed by atoms with Crippen molar-refractivity contribution in [3.63, 3.8) is 0 Å². The molecule has 0 spiro atoms. The Balaban J connectivity index is 0.000000810. The van der Waals surface area contributed by atoms with Crippen LogP contribution in [0.2, 0.25) is 0 Å². The maximum atomic E-state index is 10.6. The fourth-order valence-electron chi connectivity index (χ4n) is 0.559. The zero-order valence-corrected chi connectivity index (χ0v) is 5.66. The zero-order chi connectivity index (χ0) is 6.69. The molecule has 3 heteroatoms. The molecule has 10 heavy (non-hydrogen) atoms. The predicted molar refractivity (Wildman–Crippen MR) is 30.6 cm³/mol. The van der Waals surface area contributed by atoms with Gasteiger partial charge in [0.15, 0.2) is 0 Å². The summed E-state index contributed by atoms with van der Waals surface area (Å²) in [5.41, 5.74) is 0.206. The monoisotopic (exact) mass is 125 g/mol. The van der Waals surface area contributed by atoms with E-state index in [0.29, 0.717) is 0 Å². The molecule has 0 unspecified atom stereocenters. The Morgan fingerprint density at radius 2 is 1.90 bits per heavy atom. The maximum absolute atomic E-state index is 10.6. The molecule has 44 valence electrons. The summed E-state index contributed by atoms with van der Waals surface area (Å²) in [6.07, 6.45) is 0. The van der Waals surface area contributed by atoms with Crippen LogP contribution in [0.4, 0.5) is 0 Å².